The number of thioether (sulfide) groups is 1. The fraction of sp³-hybridized carbons (Fsp3) is 0.211. The Labute approximate surface area is 192 Å². The van der Waals surface area contributed by atoms with Crippen LogP contribution >= 0.6 is 34.7 Å². The van der Waals surface area contributed by atoms with E-state index in [0.717, 1.165) is 16.9 Å². The van der Waals surface area contributed by atoms with E-state index in [4.69, 9.17) is 11.6 Å². The molecule has 7 nitrogen and oxygen atoms in total. The van der Waals surface area contributed by atoms with Gasteiger partial charge in [0, 0.05) is 34.2 Å². The van der Waals surface area contributed by atoms with E-state index in [0.29, 0.717) is 27.7 Å². The number of aromatic nitrogens is 2. The van der Waals surface area contributed by atoms with Crippen LogP contribution in [0.5, 0.6) is 0 Å². The van der Waals surface area contributed by atoms with Gasteiger partial charge in [-0.1, -0.05) is 46.7 Å². The molecule has 2 aromatic carbocycles. The Bertz CT molecular complexity index is 1150. The van der Waals surface area contributed by atoms with Crippen LogP contribution in [0.25, 0.3) is 0 Å². The molecule has 0 saturated carbocycles. The Morgan fingerprint density at radius 2 is 1.94 bits per heavy atom. The Hall–Kier alpha value is -2.05. The van der Waals surface area contributed by atoms with Crippen molar-refractivity contribution in [2.45, 2.75) is 17.0 Å². The van der Waals surface area contributed by atoms with Crippen molar-refractivity contribution in [2.75, 3.05) is 17.6 Å². The summed E-state index contributed by atoms with van der Waals surface area (Å²) in [5, 5.41) is 10.3. The number of hydrogen-bond acceptors (Lipinski definition) is 7. The summed E-state index contributed by atoms with van der Waals surface area (Å²) in [5.74, 6) is -0.0769. The molecule has 0 spiro atoms. The molecule has 31 heavy (non-hydrogen) atoms. The number of carbonyl (C=O) groups excluding carboxylic acids is 1. The number of benzene rings is 2. The fourth-order valence-electron chi connectivity index (χ4n) is 2.40. The van der Waals surface area contributed by atoms with Crippen molar-refractivity contribution in [1.82, 2.24) is 14.9 Å². The van der Waals surface area contributed by atoms with Crippen molar-refractivity contribution in [1.29, 1.82) is 0 Å². The van der Waals surface area contributed by atoms with Gasteiger partial charge in [-0.25, -0.2) is 17.5 Å². The largest absolute Gasteiger partial charge is 0.296 e. The van der Waals surface area contributed by atoms with Gasteiger partial charge in [-0.2, -0.15) is 11.8 Å². The van der Waals surface area contributed by atoms with Gasteiger partial charge >= 0.3 is 0 Å². The minimum atomic E-state index is -3.88. The number of nitrogens with one attached hydrogen (secondary N) is 2. The molecule has 2 N–H and O–H groups in total. The van der Waals surface area contributed by atoms with E-state index in [-0.39, 0.29) is 16.0 Å². The third-order valence-corrected chi connectivity index (χ3v) is 8.02. The first-order valence-corrected chi connectivity index (χ1v) is 12.8. The van der Waals surface area contributed by atoms with E-state index in [9.17, 15) is 17.6 Å². The topological polar surface area (TPSA) is 101 Å². The first kappa shape index (κ1) is 23.6. The van der Waals surface area contributed by atoms with Gasteiger partial charge in [-0.15, -0.1) is 10.2 Å². The number of aryl methyl sites for hydroxylation is 1. The van der Waals surface area contributed by atoms with Gasteiger partial charge in [0.2, 0.25) is 9.47 Å². The maximum absolute atomic E-state index is 13.7. The van der Waals surface area contributed by atoms with Crippen LogP contribution in [-0.2, 0) is 15.8 Å². The lowest BCUT2D eigenvalue weighted by molar-refractivity contribution is 0.102. The number of anilines is 1. The highest BCUT2D eigenvalue weighted by Crippen LogP contribution is 2.24. The standard InChI is InChI=1S/C19H18ClFN4O3S3/c1-12-5-7-13(8-6-12)17(26)23-18-24-25-19(30-18)31(27,28)22-9-10-29-11-14-15(20)3-2-4-16(14)21/h2-8,22H,9-11H2,1H3,(H,23,24,26). The van der Waals surface area contributed by atoms with Crippen LogP contribution in [0.1, 0.15) is 21.5 Å². The van der Waals surface area contributed by atoms with Crippen molar-refractivity contribution < 1.29 is 17.6 Å². The van der Waals surface area contributed by atoms with Gasteiger partial charge < -0.3 is 0 Å². The van der Waals surface area contributed by atoms with Gasteiger partial charge in [0.25, 0.3) is 15.9 Å². The molecule has 0 radical (unpaired) electrons. The second-order valence-electron chi connectivity index (χ2n) is 6.34. The smallest absolute Gasteiger partial charge is 0.269 e. The average molecular weight is 501 g/mol. The quantitative estimate of drug-likeness (QED) is 0.339. The van der Waals surface area contributed by atoms with Crippen molar-refractivity contribution in [3.8, 4) is 0 Å². The van der Waals surface area contributed by atoms with Crippen LogP contribution in [-0.4, -0.2) is 36.8 Å². The van der Waals surface area contributed by atoms with Gasteiger partial charge in [0.1, 0.15) is 5.82 Å². The highest BCUT2D eigenvalue weighted by atomic mass is 35.5. The second kappa shape index (κ2) is 10.5. The van der Waals surface area contributed by atoms with Crippen LogP contribution in [0.3, 0.4) is 0 Å². The molecule has 1 aromatic heterocycles. The first-order chi connectivity index (χ1) is 14.8. The zero-order valence-electron chi connectivity index (χ0n) is 16.3. The van der Waals surface area contributed by atoms with Crippen molar-refractivity contribution in [3.05, 3.63) is 70.0 Å². The summed E-state index contributed by atoms with van der Waals surface area (Å²) in [6, 6.07) is 11.4. The zero-order chi connectivity index (χ0) is 22.4. The summed E-state index contributed by atoms with van der Waals surface area (Å²) in [5.41, 5.74) is 1.83. The lowest BCUT2D eigenvalue weighted by Gasteiger charge is -2.06. The van der Waals surface area contributed by atoms with E-state index in [1.807, 2.05) is 6.92 Å². The predicted molar refractivity (Wildman–Crippen MR) is 122 cm³/mol. The Morgan fingerprint density at radius 3 is 2.65 bits per heavy atom. The van der Waals surface area contributed by atoms with Gasteiger partial charge in [0.15, 0.2) is 0 Å². The molecule has 0 unspecified atom stereocenters. The molecule has 3 aromatic rings. The summed E-state index contributed by atoms with van der Waals surface area (Å²) in [6.07, 6.45) is 0. The minimum absolute atomic E-state index is 0.0783. The molecule has 1 amide bonds. The number of halogens is 2. The molecule has 0 fully saturated rings. The van der Waals surface area contributed by atoms with Crippen molar-refractivity contribution >= 4 is 55.8 Å². The minimum Gasteiger partial charge on any atom is -0.296 e. The summed E-state index contributed by atoms with van der Waals surface area (Å²) < 4.78 is 40.6. The summed E-state index contributed by atoms with van der Waals surface area (Å²) >= 11 is 8.06. The summed E-state index contributed by atoms with van der Waals surface area (Å²) in [4.78, 5) is 12.2. The van der Waals surface area contributed by atoms with Crippen molar-refractivity contribution in [3.63, 3.8) is 0 Å². The van der Waals surface area contributed by atoms with E-state index < -0.39 is 21.7 Å². The maximum Gasteiger partial charge on any atom is 0.269 e. The second-order valence-corrected chi connectivity index (χ2v) is 10.8. The van der Waals surface area contributed by atoms with E-state index in [2.05, 4.69) is 20.2 Å². The number of carbonyl (C=O) groups is 1. The Balaban J connectivity index is 1.50. The number of nitrogens with zero attached hydrogens (tertiary/aromatic N) is 2. The molecule has 1 heterocycles. The Morgan fingerprint density at radius 1 is 1.19 bits per heavy atom. The fourth-order valence-corrected chi connectivity index (χ4v) is 5.69. The first-order valence-electron chi connectivity index (χ1n) is 8.98. The number of hydrogen-bond donors (Lipinski definition) is 2. The molecular formula is C19H18ClFN4O3S3. The SMILES string of the molecule is Cc1ccc(C(=O)Nc2nnc(S(=O)(=O)NCCSCc3c(F)cccc3Cl)s2)cc1. The third kappa shape index (κ3) is 6.47. The molecule has 0 bridgehead atoms. The highest BCUT2D eigenvalue weighted by Gasteiger charge is 2.21. The van der Waals surface area contributed by atoms with Crippen LogP contribution < -0.4 is 10.0 Å². The summed E-state index contributed by atoms with van der Waals surface area (Å²) in [7, 11) is -3.88. The lowest BCUT2D eigenvalue weighted by atomic mass is 10.1. The molecule has 0 atom stereocenters. The van der Waals surface area contributed by atoms with Gasteiger partial charge in [0.05, 0.1) is 0 Å². The van der Waals surface area contributed by atoms with Crippen LogP contribution in [0.2, 0.25) is 5.02 Å². The third-order valence-electron chi connectivity index (χ3n) is 4.02. The van der Waals surface area contributed by atoms with Crippen molar-refractivity contribution in [2.24, 2.45) is 0 Å². The van der Waals surface area contributed by atoms with E-state index in [1.165, 1.54) is 23.9 Å². The Kier molecular flexibility index (Phi) is 8.00. The normalized spacial score (nSPS) is 11.5. The van der Waals surface area contributed by atoms with Crippen LogP contribution in [0.4, 0.5) is 9.52 Å². The molecule has 3 rings (SSSR count). The zero-order valence-corrected chi connectivity index (χ0v) is 19.5. The van der Waals surface area contributed by atoms with E-state index in [1.54, 1.807) is 30.3 Å². The summed E-state index contributed by atoms with van der Waals surface area (Å²) in [6.45, 7) is 2.02. The molecule has 0 aliphatic rings. The average Bonchev–Trinajstić information content (AvgIpc) is 3.19. The number of sulfonamides is 1. The highest BCUT2D eigenvalue weighted by molar-refractivity contribution is 7.98. The predicted octanol–water partition coefficient (Wildman–Crippen LogP) is 4.10. The molecule has 12 heteroatoms. The van der Waals surface area contributed by atoms with E-state index >= 15 is 0 Å². The van der Waals surface area contributed by atoms with Gasteiger partial charge in [-0.3, -0.25) is 10.1 Å². The van der Waals surface area contributed by atoms with Gasteiger partial charge in [-0.05, 0) is 31.2 Å². The molecule has 0 aliphatic carbocycles. The monoisotopic (exact) mass is 500 g/mol. The maximum atomic E-state index is 13.7. The molecule has 0 saturated heterocycles. The van der Waals surface area contributed by atoms with Crippen LogP contribution in [0, 0.1) is 12.7 Å². The molecule has 0 aliphatic heterocycles. The molecular weight excluding hydrogens is 483 g/mol. The lowest BCUT2D eigenvalue weighted by Crippen LogP contribution is -2.26. The number of rotatable bonds is 9. The molecule has 164 valence electrons. The number of amides is 1. The van der Waals surface area contributed by atoms with Crippen LogP contribution in [0.15, 0.2) is 46.8 Å².